The summed E-state index contributed by atoms with van der Waals surface area (Å²) in [4.78, 5) is 28.0. The summed E-state index contributed by atoms with van der Waals surface area (Å²) in [5.74, 6) is 0.780. The SMILES string of the molecule is Cc1nc(C(C)(C)C)nc2sc(C(=O)NC[C@@H](c3cccs3)N3CCOCC3)c(C)c12. The Labute approximate surface area is 191 Å². The molecule has 31 heavy (non-hydrogen) atoms. The summed E-state index contributed by atoms with van der Waals surface area (Å²) in [6.07, 6.45) is 0. The molecule has 0 unspecified atom stereocenters. The second-order valence-electron chi connectivity index (χ2n) is 9.01. The zero-order valence-electron chi connectivity index (χ0n) is 18.8. The second kappa shape index (κ2) is 8.94. The molecule has 0 bridgehead atoms. The van der Waals surface area contributed by atoms with E-state index in [1.807, 2.05) is 13.8 Å². The van der Waals surface area contributed by atoms with Crippen molar-refractivity contribution in [2.24, 2.45) is 0 Å². The molecule has 1 amide bonds. The maximum Gasteiger partial charge on any atom is 0.261 e. The standard InChI is InChI=1S/C23H30N4O2S2/c1-14-18-15(2)25-22(23(3,4)5)26-21(18)31-19(14)20(28)24-13-16(17-7-6-12-30-17)27-8-10-29-11-9-27/h6-7,12,16H,8-11,13H2,1-5H3,(H,24,28)/t16-/m0/s1. The first-order valence-electron chi connectivity index (χ1n) is 10.7. The Morgan fingerprint density at radius 1 is 1.26 bits per heavy atom. The van der Waals surface area contributed by atoms with Gasteiger partial charge in [0.15, 0.2) is 0 Å². The van der Waals surface area contributed by atoms with E-state index in [1.54, 1.807) is 11.3 Å². The average molecular weight is 459 g/mol. The number of ether oxygens (including phenoxy) is 1. The fourth-order valence-electron chi connectivity index (χ4n) is 3.94. The van der Waals surface area contributed by atoms with Gasteiger partial charge in [-0.05, 0) is 30.9 Å². The maximum atomic E-state index is 13.2. The van der Waals surface area contributed by atoms with Gasteiger partial charge in [-0.1, -0.05) is 26.8 Å². The highest BCUT2D eigenvalue weighted by Gasteiger charge is 2.26. The summed E-state index contributed by atoms with van der Waals surface area (Å²) < 4.78 is 5.52. The number of nitrogens with one attached hydrogen (secondary N) is 1. The normalized spacial score (nSPS) is 16.5. The highest BCUT2D eigenvalue weighted by atomic mass is 32.1. The number of morpholine rings is 1. The Balaban J connectivity index is 1.57. The van der Waals surface area contributed by atoms with Crippen LogP contribution in [0, 0.1) is 13.8 Å². The molecule has 3 aromatic heterocycles. The Morgan fingerprint density at radius 2 is 2.00 bits per heavy atom. The van der Waals surface area contributed by atoms with Crippen LogP contribution >= 0.6 is 22.7 Å². The molecule has 1 aliphatic rings. The van der Waals surface area contributed by atoms with Crippen LogP contribution in [0.15, 0.2) is 17.5 Å². The van der Waals surface area contributed by atoms with Crippen LogP contribution in [0.25, 0.3) is 10.2 Å². The number of nitrogens with zero attached hydrogens (tertiary/aromatic N) is 3. The number of rotatable bonds is 5. The van der Waals surface area contributed by atoms with Crippen LogP contribution in [0.2, 0.25) is 0 Å². The quantitative estimate of drug-likeness (QED) is 0.611. The molecule has 0 radical (unpaired) electrons. The van der Waals surface area contributed by atoms with E-state index in [-0.39, 0.29) is 17.4 Å². The van der Waals surface area contributed by atoms with Crippen molar-refractivity contribution in [1.29, 1.82) is 0 Å². The van der Waals surface area contributed by atoms with Crippen molar-refractivity contribution in [1.82, 2.24) is 20.2 Å². The van der Waals surface area contributed by atoms with E-state index in [2.05, 4.69) is 48.5 Å². The molecular formula is C23H30N4O2S2. The van der Waals surface area contributed by atoms with Crippen LogP contribution in [0.5, 0.6) is 0 Å². The van der Waals surface area contributed by atoms with E-state index >= 15 is 0 Å². The molecule has 0 spiro atoms. The van der Waals surface area contributed by atoms with Gasteiger partial charge in [-0.25, -0.2) is 9.97 Å². The van der Waals surface area contributed by atoms with E-state index < -0.39 is 0 Å². The van der Waals surface area contributed by atoms with Crippen molar-refractivity contribution in [3.63, 3.8) is 0 Å². The number of aromatic nitrogens is 2. The zero-order chi connectivity index (χ0) is 22.2. The predicted molar refractivity (Wildman–Crippen MR) is 127 cm³/mol. The molecule has 0 aliphatic carbocycles. The molecule has 8 heteroatoms. The molecule has 166 valence electrons. The summed E-state index contributed by atoms with van der Waals surface area (Å²) in [6, 6.07) is 4.38. The predicted octanol–water partition coefficient (Wildman–Crippen LogP) is 4.47. The number of hydrogen-bond donors (Lipinski definition) is 1. The monoisotopic (exact) mass is 458 g/mol. The lowest BCUT2D eigenvalue weighted by Crippen LogP contribution is -2.43. The third-order valence-electron chi connectivity index (χ3n) is 5.66. The average Bonchev–Trinajstić information content (AvgIpc) is 3.37. The van der Waals surface area contributed by atoms with Crippen LogP contribution in [0.4, 0.5) is 0 Å². The molecule has 1 saturated heterocycles. The summed E-state index contributed by atoms with van der Waals surface area (Å²) in [5.41, 5.74) is 1.77. The Hall–Kier alpha value is -1.87. The molecule has 1 fully saturated rings. The molecule has 6 nitrogen and oxygen atoms in total. The van der Waals surface area contributed by atoms with E-state index in [0.29, 0.717) is 6.54 Å². The minimum absolute atomic E-state index is 0.0352. The van der Waals surface area contributed by atoms with Gasteiger partial charge in [0, 0.05) is 35.3 Å². The van der Waals surface area contributed by atoms with Gasteiger partial charge in [0.25, 0.3) is 5.91 Å². The zero-order valence-corrected chi connectivity index (χ0v) is 20.5. The number of aryl methyl sites for hydroxylation is 2. The first-order valence-corrected chi connectivity index (χ1v) is 12.4. The lowest BCUT2D eigenvalue weighted by molar-refractivity contribution is 0.0169. The molecule has 0 aromatic carbocycles. The summed E-state index contributed by atoms with van der Waals surface area (Å²) >= 11 is 3.20. The van der Waals surface area contributed by atoms with Gasteiger partial charge < -0.3 is 10.1 Å². The molecule has 3 aromatic rings. The number of thiophene rings is 2. The molecule has 4 heterocycles. The Bertz CT molecular complexity index is 1060. The molecular weight excluding hydrogens is 428 g/mol. The first-order chi connectivity index (χ1) is 14.8. The van der Waals surface area contributed by atoms with Gasteiger partial charge in [-0.2, -0.15) is 0 Å². The fourth-order valence-corrected chi connectivity index (χ4v) is 5.95. The summed E-state index contributed by atoms with van der Waals surface area (Å²) in [6.45, 7) is 14.1. The number of carbonyl (C=O) groups is 1. The number of fused-ring (bicyclic) bond motifs is 1. The minimum atomic E-state index is -0.134. The van der Waals surface area contributed by atoms with Crippen LogP contribution in [0.3, 0.4) is 0 Å². The number of amides is 1. The number of hydrogen-bond acceptors (Lipinski definition) is 7. The molecule has 1 N–H and O–H groups in total. The molecule has 1 aliphatic heterocycles. The summed E-state index contributed by atoms with van der Waals surface area (Å²) in [7, 11) is 0. The number of carbonyl (C=O) groups excluding carboxylic acids is 1. The highest BCUT2D eigenvalue weighted by molar-refractivity contribution is 7.20. The van der Waals surface area contributed by atoms with Gasteiger partial charge in [0.2, 0.25) is 0 Å². The van der Waals surface area contributed by atoms with E-state index in [9.17, 15) is 4.79 Å². The van der Waals surface area contributed by atoms with Crippen molar-refractivity contribution < 1.29 is 9.53 Å². The van der Waals surface area contributed by atoms with Crippen molar-refractivity contribution in [2.75, 3.05) is 32.8 Å². The molecule has 4 rings (SSSR count). The van der Waals surface area contributed by atoms with Crippen LogP contribution in [0.1, 0.15) is 58.4 Å². The summed E-state index contributed by atoms with van der Waals surface area (Å²) in [5, 5.41) is 6.30. The largest absolute Gasteiger partial charge is 0.379 e. The lowest BCUT2D eigenvalue weighted by atomic mass is 9.95. The van der Waals surface area contributed by atoms with Crippen LogP contribution in [-0.2, 0) is 10.2 Å². The topological polar surface area (TPSA) is 67.4 Å². The van der Waals surface area contributed by atoms with Crippen molar-refractivity contribution in [3.05, 3.63) is 44.3 Å². The molecule has 1 atom stereocenters. The Kier molecular flexibility index (Phi) is 6.44. The van der Waals surface area contributed by atoms with Crippen LogP contribution < -0.4 is 5.32 Å². The van der Waals surface area contributed by atoms with Gasteiger partial charge in [-0.3, -0.25) is 9.69 Å². The first kappa shape index (κ1) is 22.3. The van der Waals surface area contributed by atoms with Crippen molar-refractivity contribution in [3.8, 4) is 0 Å². The van der Waals surface area contributed by atoms with E-state index in [1.165, 1.54) is 16.2 Å². The van der Waals surface area contributed by atoms with E-state index in [0.717, 1.165) is 58.5 Å². The molecule has 0 saturated carbocycles. The van der Waals surface area contributed by atoms with Gasteiger partial charge in [0.1, 0.15) is 10.7 Å². The Morgan fingerprint density at radius 3 is 2.65 bits per heavy atom. The third-order valence-corrected chi connectivity index (χ3v) is 7.82. The minimum Gasteiger partial charge on any atom is -0.379 e. The lowest BCUT2D eigenvalue weighted by Gasteiger charge is -2.34. The second-order valence-corrected chi connectivity index (χ2v) is 11.0. The fraction of sp³-hybridized carbons (Fsp3) is 0.522. The third kappa shape index (κ3) is 4.67. The van der Waals surface area contributed by atoms with Crippen LogP contribution in [-0.4, -0.2) is 53.6 Å². The smallest absolute Gasteiger partial charge is 0.261 e. The van der Waals surface area contributed by atoms with Gasteiger partial charge in [-0.15, -0.1) is 22.7 Å². The van der Waals surface area contributed by atoms with Crippen molar-refractivity contribution >= 4 is 38.8 Å². The highest BCUT2D eigenvalue weighted by Crippen LogP contribution is 2.33. The van der Waals surface area contributed by atoms with Gasteiger partial charge in [0.05, 0.1) is 29.8 Å². The van der Waals surface area contributed by atoms with Gasteiger partial charge >= 0.3 is 0 Å². The maximum absolute atomic E-state index is 13.2. The van der Waals surface area contributed by atoms with Crippen molar-refractivity contribution in [2.45, 2.75) is 46.1 Å². The van der Waals surface area contributed by atoms with E-state index in [4.69, 9.17) is 14.7 Å².